The summed E-state index contributed by atoms with van der Waals surface area (Å²) in [6.45, 7) is 2.10. The van der Waals surface area contributed by atoms with E-state index in [1.807, 2.05) is 0 Å². The van der Waals surface area contributed by atoms with Crippen LogP contribution >= 0.6 is 11.6 Å². The molecule has 1 aromatic rings. The van der Waals surface area contributed by atoms with Gasteiger partial charge in [0.05, 0.1) is 0 Å². The maximum Gasteiger partial charge on any atom is 0.129 e. The Hall–Kier alpha value is -0.640. The molecule has 0 atom stereocenters. The topological polar surface area (TPSA) is 38.0 Å². The van der Waals surface area contributed by atoms with Crippen LogP contribution in [-0.2, 0) is 6.54 Å². The van der Waals surface area contributed by atoms with Gasteiger partial charge in [-0.2, -0.15) is 0 Å². The number of hydrogen-bond acceptors (Lipinski definition) is 2. The molecular formula is C11H16ClFN2. The highest BCUT2D eigenvalue weighted by Crippen LogP contribution is 2.14. The molecule has 0 aliphatic heterocycles. The molecule has 0 saturated carbocycles. The third-order valence-electron chi connectivity index (χ3n) is 2.14. The van der Waals surface area contributed by atoms with E-state index in [4.69, 9.17) is 17.3 Å². The smallest absolute Gasteiger partial charge is 0.129 e. The number of hydrogen-bond donors (Lipinski definition) is 2. The summed E-state index contributed by atoms with van der Waals surface area (Å²) in [5.74, 6) is -0.256. The van der Waals surface area contributed by atoms with E-state index in [0.29, 0.717) is 23.7 Å². The Bertz CT molecular complexity index is 305. The number of nitrogens with two attached hydrogens (primary N) is 1. The maximum absolute atomic E-state index is 13.3. The van der Waals surface area contributed by atoms with Crippen molar-refractivity contribution in [3.05, 3.63) is 34.6 Å². The Labute approximate surface area is 94.6 Å². The standard InChI is InChI=1S/C11H16ClFN2/c12-10-4-3-9(11(13)7-10)8-15-6-2-1-5-14/h3-4,7,15H,1-2,5-6,8,14H2. The fourth-order valence-corrected chi connectivity index (χ4v) is 1.44. The summed E-state index contributed by atoms with van der Waals surface area (Å²) in [7, 11) is 0. The zero-order chi connectivity index (χ0) is 11.1. The summed E-state index contributed by atoms with van der Waals surface area (Å²) >= 11 is 5.65. The Morgan fingerprint density at radius 3 is 2.80 bits per heavy atom. The van der Waals surface area contributed by atoms with Crippen molar-refractivity contribution in [3.8, 4) is 0 Å². The van der Waals surface area contributed by atoms with Crippen LogP contribution < -0.4 is 11.1 Å². The van der Waals surface area contributed by atoms with Gasteiger partial charge in [-0.25, -0.2) is 4.39 Å². The van der Waals surface area contributed by atoms with E-state index in [1.54, 1.807) is 12.1 Å². The van der Waals surface area contributed by atoms with Crippen LogP contribution in [0.5, 0.6) is 0 Å². The fourth-order valence-electron chi connectivity index (χ4n) is 1.28. The molecular weight excluding hydrogens is 215 g/mol. The highest BCUT2D eigenvalue weighted by atomic mass is 35.5. The minimum atomic E-state index is -0.256. The van der Waals surface area contributed by atoms with Gasteiger partial charge in [-0.15, -0.1) is 0 Å². The molecule has 84 valence electrons. The number of nitrogens with one attached hydrogen (secondary N) is 1. The van der Waals surface area contributed by atoms with Crippen LogP contribution in [0.2, 0.25) is 5.02 Å². The molecule has 0 unspecified atom stereocenters. The summed E-state index contributed by atoms with van der Waals surface area (Å²) in [4.78, 5) is 0. The first-order chi connectivity index (χ1) is 7.24. The molecule has 0 aromatic heterocycles. The molecule has 3 N–H and O–H groups in total. The van der Waals surface area contributed by atoms with Crippen molar-refractivity contribution in [2.45, 2.75) is 19.4 Å². The second-order valence-corrected chi connectivity index (χ2v) is 3.84. The predicted molar refractivity (Wildman–Crippen MR) is 61.4 cm³/mol. The van der Waals surface area contributed by atoms with Gasteiger partial charge in [0.1, 0.15) is 5.82 Å². The molecule has 0 bridgehead atoms. The lowest BCUT2D eigenvalue weighted by Gasteiger charge is -2.05. The Kier molecular flexibility index (Phi) is 5.61. The van der Waals surface area contributed by atoms with Gasteiger partial charge < -0.3 is 11.1 Å². The largest absolute Gasteiger partial charge is 0.330 e. The van der Waals surface area contributed by atoms with Crippen LogP contribution in [-0.4, -0.2) is 13.1 Å². The second kappa shape index (κ2) is 6.77. The lowest BCUT2D eigenvalue weighted by molar-refractivity contribution is 0.577. The normalized spacial score (nSPS) is 10.6. The van der Waals surface area contributed by atoms with E-state index in [2.05, 4.69) is 5.32 Å². The van der Waals surface area contributed by atoms with Crippen molar-refractivity contribution in [3.63, 3.8) is 0 Å². The minimum absolute atomic E-state index is 0.256. The first-order valence-corrected chi connectivity index (χ1v) is 5.46. The fraction of sp³-hybridized carbons (Fsp3) is 0.455. The number of benzene rings is 1. The minimum Gasteiger partial charge on any atom is -0.330 e. The van der Waals surface area contributed by atoms with Gasteiger partial charge in [0.2, 0.25) is 0 Å². The average Bonchev–Trinajstić information content (AvgIpc) is 2.20. The van der Waals surface area contributed by atoms with E-state index < -0.39 is 0 Å². The molecule has 0 aliphatic rings. The summed E-state index contributed by atoms with van der Waals surface area (Å²) < 4.78 is 13.3. The third kappa shape index (κ3) is 4.60. The van der Waals surface area contributed by atoms with Gasteiger partial charge in [-0.3, -0.25) is 0 Å². The van der Waals surface area contributed by atoms with Crippen LogP contribution in [0, 0.1) is 5.82 Å². The Morgan fingerprint density at radius 1 is 1.33 bits per heavy atom. The van der Waals surface area contributed by atoms with Crippen molar-refractivity contribution in [2.24, 2.45) is 5.73 Å². The third-order valence-corrected chi connectivity index (χ3v) is 2.37. The van der Waals surface area contributed by atoms with Gasteiger partial charge in [0.15, 0.2) is 0 Å². The molecule has 0 heterocycles. The Morgan fingerprint density at radius 2 is 2.13 bits per heavy atom. The molecule has 0 saturated heterocycles. The van der Waals surface area contributed by atoms with Gasteiger partial charge >= 0.3 is 0 Å². The molecule has 15 heavy (non-hydrogen) atoms. The molecule has 0 radical (unpaired) electrons. The number of rotatable bonds is 6. The zero-order valence-corrected chi connectivity index (χ0v) is 9.36. The van der Waals surface area contributed by atoms with E-state index in [-0.39, 0.29) is 5.82 Å². The van der Waals surface area contributed by atoms with Crippen LogP contribution in [0.3, 0.4) is 0 Å². The van der Waals surface area contributed by atoms with E-state index in [9.17, 15) is 4.39 Å². The highest BCUT2D eigenvalue weighted by molar-refractivity contribution is 6.30. The summed E-state index contributed by atoms with van der Waals surface area (Å²) in [6.07, 6.45) is 2.02. The zero-order valence-electron chi connectivity index (χ0n) is 8.60. The maximum atomic E-state index is 13.3. The summed E-state index contributed by atoms with van der Waals surface area (Å²) in [5.41, 5.74) is 6.01. The van der Waals surface area contributed by atoms with Crippen molar-refractivity contribution < 1.29 is 4.39 Å². The molecule has 2 nitrogen and oxygen atoms in total. The van der Waals surface area contributed by atoms with Crippen LogP contribution in [0.4, 0.5) is 4.39 Å². The number of halogens is 2. The van der Waals surface area contributed by atoms with E-state index >= 15 is 0 Å². The van der Waals surface area contributed by atoms with Crippen molar-refractivity contribution in [1.82, 2.24) is 5.32 Å². The molecule has 0 aliphatic carbocycles. The summed E-state index contributed by atoms with van der Waals surface area (Å²) in [5, 5.41) is 3.59. The molecule has 0 spiro atoms. The van der Waals surface area contributed by atoms with Gasteiger partial charge in [0.25, 0.3) is 0 Å². The lowest BCUT2D eigenvalue weighted by Crippen LogP contribution is -2.16. The molecule has 1 aromatic carbocycles. The lowest BCUT2D eigenvalue weighted by atomic mass is 10.2. The number of unbranched alkanes of at least 4 members (excludes halogenated alkanes) is 1. The van der Waals surface area contributed by atoms with Crippen molar-refractivity contribution in [2.75, 3.05) is 13.1 Å². The van der Waals surface area contributed by atoms with E-state index in [0.717, 1.165) is 19.4 Å². The molecule has 4 heteroatoms. The van der Waals surface area contributed by atoms with Gasteiger partial charge in [-0.1, -0.05) is 17.7 Å². The first kappa shape index (κ1) is 12.4. The summed E-state index contributed by atoms with van der Waals surface area (Å²) in [6, 6.07) is 4.73. The van der Waals surface area contributed by atoms with Gasteiger partial charge in [0, 0.05) is 17.1 Å². The van der Waals surface area contributed by atoms with Crippen LogP contribution in [0.25, 0.3) is 0 Å². The predicted octanol–water partition coefficient (Wildman–Crippen LogP) is 2.31. The monoisotopic (exact) mass is 230 g/mol. The second-order valence-electron chi connectivity index (χ2n) is 3.41. The van der Waals surface area contributed by atoms with E-state index in [1.165, 1.54) is 6.07 Å². The Balaban J connectivity index is 2.31. The molecule has 0 fully saturated rings. The molecule has 0 amide bonds. The molecule has 1 rings (SSSR count). The average molecular weight is 231 g/mol. The quantitative estimate of drug-likeness (QED) is 0.736. The SMILES string of the molecule is NCCCCNCc1ccc(Cl)cc1F. The highest BCUT2D eigenvalue weighted by Gasteiger charge is 2.01. The van der Waals surface area contributed by atoms with Gasteiger partial charge in [-0.05, 0) is 38.1 Å². The van der Waals surface area contributed by atoms with Crippen LogP contribution in [0.1, 0.15) is 18.4 Å². The first-order valence-electron chi connectivity index (χ1n) is 5.08. The van der Waals surface area contributed by atoms with Crippen molar-refractivity contribution >= 4 is 11.6 Å². The van der Waals surface area contributed by atoms with Crippen LogP contribution in [0.15, 0.2) is 18.2 Å². The van der Waals surface area contributed by atoms with Crippen molar-refractivity contribution in [1.29, 1.82) is 0 Å².